The number of nitrogens with two attached hydrogens (primary N) is 1. The van der Waals surface area contributed by atoms with E-state index >= 15 is 0 Å². The highest BCUT2D eigenvalue weighted by atomic mass is 16.6. The van der Waals surface area contributed by atoms with Crippen LogP contribution in [-0.2, 0) is 0 Å². The highest BCUT2D eigenvalue weighted by Gasteiger charge is 2.48. The van der Waals surface area contributed by atoms with Crippen molar-refractivity contribution in [1.29, 1.82) is 0 Å². The van der Waals surface area contributed by atoms with E-state index in [-0.39, 0.29) is 28.0 Å². The lowest BCUT2D eigenvalue weighted by molar-refractivity contribution is -0.386. The van der Waals surface area contributed by atoms with Gasteiger partial charge in [-0.3, -0.25) is 10.1 Å². The Morgan fingerprint density at radius 1 is 1.44 bits per heavy atom. The molecule has 16 heavy (non-hydrogen) atoms. The van der Waals surface area contributed by atoms with E-state index in [4.69, 9.17) is 5.73 Å². The molecule has 1 aliphatic carbocycles. The fourth-order valence-electron chi connectivity index (χ4n) is 2.44. The first-order chi connectivity index (χ1) is 7.44. The first-order valence-corrected chi connectivity index (χ1v) is 5.43. The highest BCUT2D eigenvalue weighted by molar-refractivity contribution is 5.45. The minimum atomic E-state index is -0.310. The van der Waals surface area contributed by atoms with Crippen LogP contribution in [0.3, 0.4) is 0 Å². The number of hydrogen-bond donors (Lipinski definition) is 1. The van der Waals surface area contributed by atoms with Gasteiger partial charge in [-0.25, -0.2) is 0 Å². The summed E-state index contributed by atoms with van der Waals surface area (Å²) in [6.07, 6.45) is 0.831. The van der Waals surface area contributed by atoms with Gasteiger partial charge in [0.15, 0.2) is 0 Å². The SMILES string of the molecule is CC1(C)C(N)CC1c1ccccc1[N+](=O)[O-]. The van der Waals surface area contributed by atoms with Crippen molar-refractivity contribution < 1.29 is 4.92 Å². The summed E-state index contributed by atoms with van der Waals surface area (Å²) in [5.41, 5.74) is 6.92. The molecule has 86 valence electrons. The maximum Gasteiger partial charge on any atom is 0.272 e. The van der Waals surface area contributed by atoms with Crippen molar-refractivity contribution in [3.05, 3.63) is 39.9 Å². The molecule has 4 heteroatoms. The summed E-state index contributed by atoms with van der Waals surface area (Å²) >= 11 is 0. The van der Waals surface area contributed by atoms with Crippen molar-refractivity contribution in [3.8, 4) is 0 Å². The van der Waals surface area contributed by atoms with Crippen LogP contribution in [0.1, 0.15) is 31.7 Å². The van der Waals surface area contributed by atoms with E-state index in [1.807, 2.05) is 12.1 Å². The third kappa shape index (κ3) is 1.50. The van der Waals surface area contributed by atoms with Crippen molar-refractivity contribution in [1.82, 2.24) is 0 Å². The van der Waals surface area contributed by atoms with Gasteiger partial charge in [-0.2, -0.15) is 0 Å². The minimum Gasteiger partial charge on any atom is -0.327 e. The van der Waals surface area contributed by atoms with Gasteiger partial charge >= 0.3 is 0 Å². The Bertz CT molecular complexity index is 429. The molecule has 2 rings (SSSR count). The molecular weight excluding hydrogens is 204 g/mol. The Morgan fingerprint density at radius 3 is 2.56 bits per heavy atom. The third-order valence-electron chi connectivity index (χ3n) is 3.85. The summed E-state index contributed by atoms with van der Waals surface area (Å²) in [4.78, 5) is 10.6. The number of nitro groups is 1. The molecular formula is C12H16N2O2. The molecule has 1 saturated carbocycles. The standard InChI is InChI=1S/C12H16N2O2/c1-12(2)9(7-11(12)13)8-5-3-4-6-10(8)14(15)16/h3-6,9,11H,7,13H2,1-2H3. The van der Waals surface area contributed by atoms with Crippen molar-refractivity contribution in [3.63, 3.8) is 0 Å². The fourth-order valence-corrected chi connectivity index (χ4v) is 2.44. The van der Waals surface area contributed by atoms with Crippen molar-refractivity contribution in [2.24, 2.45) is 11.1 Å². The predicted molar refractivity (Wildman–Crippen MR) is 62.2 cm³/mol. The lowest BCUT2D eigenvalue weighted by Crippen LogP contribution is -2.52. The van der Waals surface area contributed by atoms with Gasteiger partial charge in [-0.15, -0.1) is 0 Å². The van der Waals surface area contributed by atoms with Crippen LogP contribution in [-0.4, -0.2) is 11.0 Å². The summed E-state index contributed by atoms with van der Waals surface area (Å²) in [6, 6.07) is 7.10. The third-order valence-corrected chi connectivity index (χ3v) is 3.85. The Kier molecular flexibility index (Phi) is 2.46. The average Bonchev–Trinajstić information content (AvgIpc) is 2.25. The molecule has 1 aliphatic rings. The number of nitro benzene ring substituents is 1. The zero-order chi connectivity index (χ0) is 11.9. The summed E-state index contributed by atoms with van der Waals surface area (Å²) in [6.45, 7) is 4.14. The monoisotopic (exact) mass is 220 g/mol. The van der Waals surface area contributed by atoms with Gasteiger partial charge in [0.1, 0.15) is 0 Å². The predicted octanol–water partition coefficient (Wildman–Crippen LogP) is 2.44. The lowest BCUT2D eigenvalue weighted by Gasteiger charge is -2.50. The molecule has 0 radical (unpaired) electrons. The Labute approximate surface area is 94.6 Å². The maximum atomic E-state index is 10.9. The first kappa shape index (κ1) is 11.1. The zero-order valence-corrected chi connectivity index (χ0v) is 9.51. The van der Waals surface area contributed by atoms with Gasteiger partial charge < -0.3 is 5.73 Å². The number of para-hydroxylation sites is 1. The summed E-state index contributed by atoms with van der Waals surface area (Å²) < 4.78 is 0. The van der Waals surface area contributed by atoms with Gasteiger partial charge in [0, 0.05) is 17.7 Å². The largest absolute Gasteiger partial charge is 0.327 e. The van der Waals surface area contributed by atoms with Crippen LogP contribution in [0, 0.1) is 15.5 Å². The lowest BCUT2D eigenvalue weighted by atomic mass is 9.56. The summed E-state index contributed by atoms with van der Waals surface area (Å²) in [5.74, 6) is 0.198. The van der Waals surface area contributed by atoms with E-state index in [1.165, 1.54) is 0 Å². The van der Waals surface area contributed by atoms with Gasteiger partial charge in [-0.05, 0) is 17.8 Å². The number of nitrogens with zero attached hydrogens (tertiary/aromatic N) is 1. The molecule has 1 aromatic carbocycles. The van der Waals surface area contributed by atoms with E-state index < -0.39 is 0 Å². The average molecular weight is 220 g/mol. The van der Waals surface area contributed by atoms with Crippen LogP contribution in [0.4, 0.5) is 5.69 Å². The number of hydrogen-bond acceptors (Lipinski definition) is 3. The second-order valence-electron chi connectivity index (χ2n) is 5.03. The molecule has 4 nitrogen and oxygen atoms in total. The molecule has 0 bridgehead atoms. The van der Waals surface area contributed by atoms with Gasteiger partial charge in [0.25, 0.3) is 5.69 Å². The van der Waals surface area contributed by atoms with Crippen LogP contribution < -0.4 is 5.73 Å². The van der Waals surface area contributed by atoms with Crippen LogP contribution >= 0.6 is 0 Å². The second kappa shape index (κ2) is 3.56. The quantitative estimate of drug-likeness (QED) is 0.614. The van der Waals surface area contributed by atoms with Crippen molar-refractivity contribution in [2.45, 2.75) is 32.2 Å². The van der Waals surface area contributed by atoms with Crippen molar-refractivity contribution in [2.75, 3.05) is 0 Å². The second-order valence-corrected chi connectivity index (χ2v) is 5.03. The van der Waals surface area contributed by atoms with E-state index in [0.29, 0.717) is 0 Å². The zero-order valence-electron chi connectivity index (χ0n) is 9.51. The molecule has 2 atom stereocenters. The maximum absolute atomic E-state index is 10.9. The first-order valence-electron chi connectivity index (χ1n) is 5.43. The molecule has 0 spiro atoms. The van der Waals surface area contributed by atoms with Crippen LogP contribution in [0.2, 0.25) is 0 Å². The smallest absolute Gasteiger partial charge is 0.272 e. The van der Waals surface area contributed by atoms with E-state index in [9.17, 15) is 10.1 Å². The molecule has 0 aromatic heterocycles. The van der Waals surface area contributed by atoms with E-state index in [0.717, 1.165) is 12.0 Å². The van der Waals surface area contributed by atoms with Crippen LogP contribution in [0.15, 0.2) is 24.3 Å². The Balaban J connectivity index is 2.39. The topological polar surface area (TPSA) is 69.2 Å². The molecule has 2 unspecified atom stereocenters. The van der Waals surface area contributed by atoms with Gasteiger partial charge in [0.05, 0.1) is 4.92 Å². The van der Waals surface area contributed by atoms with Crippen molar-refractivity contribution >= 4 is 5.69 Å². The van der Waals surface area contributed by atoms with E-state index in [2.05, 4.69) is 13.8 Å². The van der Waals surface area contributed by atoms with Crippen LogP contribution in [0.5, 0.6) is 0 Å². The summed E-state index contributed by atoms with van der Waals surface area (Å²) in [7, 11) is 0. The van der Waals surface area contributed by atoms with Gasteiger partial charge in [0.2, 0.25) is 0 Å². The van der Waals surface area contributed by atoms with Crippen LogP contribution in [0.25, 0.3) is 0 Å². The Morgan fingerprint density at radius 2 is 2.06 bits per heavy atom. The highest BCUT2D eigenvalue weighted by Crippen LogP contribution is 2.53. The number of benzene rings is 1. The molecule has 0 saturated heterocycles. The molecule has 1 fully saturated rings. The number of rotatable bonds is 2. The molecule has 2 N–H and O–H groups in total. The minimum absolute atomic E-state index is 0.0495. The molecule has 0 heterocycles. The molecule has 0 aliphatic heterocycles. The fraction of sp³-hybridized carbons (Fsp3) is 0.500. The summed E-state index contributed by atoms with van der Waals surface area (Å²) in [5, 5.41) is 10.9. The Hall–Kier alpha value is -1.42. The van der Waals surface area contributed by atoms with E-state index in [1.54, 1.807) is 12.1 Å². The molecule has 0 amide bonds. The molecule has 1 aromatic rings. The normalized spacial score (nSPS) is 27.2. The van der Waals surface area contributed by atoms with Gasteiger partial charge in [-0.1, -0.05) is 32.0 Å².